The van der Waals surface area contributed by atoms with E-state index in [0.29, 0.717) is 0 Å². The Balaban J connectivity index is 2.52. The monoisotopic (exact) mass is 135 g/mol. The van der Waals surface area contributed by atoms with Gasteiger partial charge in [0.05, 0.1) is 6.10 Å². The quantitative estimate of drug-likeness (QED) is 0.375. The highest BCUT2D eigenvalue weighted by molar-refractivity contribution is 7.56. The lowest BCUT2D eigenvalue weighted by Gasteiger charge is -2.12. The predicted molar refractivity (Wildman–Crippen MR) is 27.9 cm³/mol. The van der Waals surface area contributed by atoms with Crippen molar-refractivity contribution in [1.82, 2.24) is 0 Å². The van der Waals surface area contributed by atoms with Crippen LogP contribution in [-0.2, 0) is 9.30 Å². The van der Waals surface area contributed by atoms with E-state index in [1.165, 1.54) is 6.66 Å². The fourth-order valence-corrected chi connectivity index (χ4v) is 1.84. The van der Waals surface area contributed by atoms with E-state index in [4.69, 9.17) is 4.74 Å². The van der Waals surface area contributed by atoms with Crippen LogP contribution in [0.25, 0.3) is 0 Å². The SMILES string of the molecule is C[C@@H]1O[C@@H]1P(C)(=O)[O-]. The van der Waals surface area contributed by atoms with E-state index < -0.39 is 13.2 Å². The normalized spacial score (nSPS) is 43.4. The van der Waals surface area contributed by atoms with Gasteiger partial charge in [-0.05, 0) is 13.6 Å². The number of hydrogen-bond acceptors (Lipinski definition) is 3. The summed E-state index contributed by atoms with van der Waals surface area (Å²) >= 11 is 0. The van der Waals surface area contributed by atoms with E-state index in [1.807, 2.05) is 0 Å². The molecule has 1 heterocycles. The van der Waals surface area contributed by atoms with Crippen LogP contribution >= 0.6 is 7.37 Å². The van der Waals surface area contributed by atoms with Crippen molar-refractivity contribution in [2.45, 2.75) is 18.9 Å². The maximum atomic E-state index is 10.5. The molecule has 3 nitrogen and oxygen atoms in total. The summed E-state index contributed by atoms with van der Waals surface area (Å²) in [6.07, 6.45) is -0.0664. The van der Waals surface area contributed by atoms with Crippen LogP contribution in [0.15, 0.2) is 0 Å². The lowest BCUT2D eigenvalue weighted by atomic mass is 10.6. The molecule has 0 amide bonds. The van der Waals surface area contributed by atoms with Crippen molar-refractivity contribution in [3.63, 3.8) is 0 Å². The number of ether oxygens (including phenoxy) is 1. The molecule has 1 aliphatic rings. The fourth-order valence-electron chi connectivity index (χ4n) is 0.666. The molecule has 0 saturated carbocycles. The topological polar surface area (TPSA) is 52.7 Å². The van der Waals surface area contributed by atoms with Gasteiger partial charge in [0.1, 0.15) is 5.85 Å². The van der Waals surface area contributed by atoms with Crippen LogP contribution < -0.4 is 4.89 Å². The van der Waals surface area contributed by atoms with Gasteiger partial charge < -0.3 is 14.2 Å². The lowest BCUT2D eigenvalue weighted by Crippen LogP contribution is -2.05. The largest absolute Gasteiger partial charge is 0.798 e. The van der Waals surface area contributed by atoms with E-state index in [2.05, 4.69) is 0 Å². The molecule has 0 aromatic heterocycles. The summed E-state index contributed by atoms with van der Waals surface area (Å²) in [6.45, 7) is 2.96. The Bertz CT molecular complexity index is 138. The Labute approximate surface area is 48.1 Å². The van der Waals surface area contributed by atoms with Gasteiger partial charge in [-0.15, -0.1) is 0 Å². The number of epoxide rings is 1. The predicted octanol–water partition coefficient (Wildman–Crippen LogP) is -0.000600. The molecule has 1 saturated heterocycles. The first-order valence-corrected chi connectivity index (χ1v) is 4.59. The Kier molecular flexibility index (Phi) is 1.23. The van der Waals surface area contributed by atoms with Crippen LogP contribution in [0.2, 0.25) is 0 Å². The smallest absolute Gasteiger partial charge is 0.124 e. The van der Waals surface area contributed by atoms with Crippen LogP contribution in [0.3, 0.4) is 0 Å². The third kappa shape index (κ3) is 1.10. The molecule has 0 spiro atoms. The van der Waals surface area contributed by atoms with Crippen molar-refractivity contribution < 1.29 is 14.2 Å². The van der Waals surface area contributed by atoms with Crippen LogP contribution in [0.4, 0.5) is 0 Å². The first kappa shape index (κ1) is 6.27. The first-order valence-electron chi connectivity index (χ1n) is 2.45. The maximum absolute atomic E-state index is 10.5. The van der Waals surface area contributed by atoms with Crippen LogP contribution in [-0.4, -0.2) is 18.6 Å². The van der Waals surface area contributed by atoms with Gasteiger partial charge in [0, 0.05) is 7.37 Å². The second kappa shape index (κ2) is 1.56. The molecule has 0 aromatic carbocycles. The van der Waals surface area contributed by atoms with Crippen LogP contribution in [0, 0.1) is 0 Å². The first-order chi connectivity index (χ1) is 3.52. The fraction of sp³-hybridized carbons (Fsp3) is 1.00. The van der Waals surface area contributed by atoms with Gasteiger partial charge in [0.25, 0.3) is 0 Å². The number of hydrogen-bond donors (Lipinski definition) is 0. The van der Waals surface area contributed by atoms with Gasteiger partial charge in [-0.3, -0.25) is 0 Å². The van der Waals surface area contributed by atoms with Gasteiger partial charge in [-0.2, -0.15) is 0 Å². The molecule has 48 valence electrons. The van der Waals surface area contributed by atoms with Crippen molar-refractivity contribution in [2.75, 3.05) is 6.66 Å². The van der Waals surface area contributed by atoms with Crippen molar-refractivity contribution >= 4 is 7.37 Å². The standard InChI is InChI=1S/C4H9O3P/c1-3-4(7-3)8(2,5)6/h3-4H,1-2H3,(H,5,6)/p-1/t3-,4+/m0/s1. The number of rotatable bonds is 1. The molecule has 0 aliphatic carbocycles. The average Bonchev–Trinajstić information content (AvgIpc) is 2.13. The summed E-state index contributed by atoms with van der Waals surface area (Å²) < 4.78 is 15.2. The highest BCUT2D eigenvalue weighted by Gasteiger charge is 2.40. The summed E-state index contributed by atoms with van der Waals surface area (Å²) in [5.74, 6) is -0.484. The van der Waals surface area contributed by atoms with Gasteiger partial charge in [0.2, 0.25) is 0 Å². The van der Waals surface area contributed by atoms with E-state index in [1.54, 1.807) is 6.92 Å². The summed E-state index contributed by atoms with van der Waals surface area (Å²) in [5, 5.41) is 0. The molecular weight excluding hydrogens is 127 g/mol. The third-order valence-electron chi connectivity index (χ3n) is 1.14. The average molecular weight is 135 g/mol. The van der Waals surface area contributed by atoms with Crippen molar-refractivity contribution in [3.8, 4) is 0 Å². The van der Waals surface area contributed by atoms with E-state index in [-0.39, 0.29) is 6.10 Å². The molecular formula is C4H8O3P-. The van der Waals surface area contributed by atoms with Gasteiger partial charge in [-0.1, -0.05) is 0 Å². The molecule has 3 atom stereocenters. The minimum absolute atomic E-state index is 0.0664. The molecule has 8 heavy (non-hydrogen) atoms. The van der Waals surface area contributed by atoms with Crippen molar-refractivity contribution in [3.05, 3.63) is 0 Å². The zero-order valence-corrected chi connectivity index (χ0v) is 5.72. The Hall–Kier alpha value is 0.150. The Morgan fingerprint density at radius 3 is 2.12 bits per heavy atom. The summed E-state index contributed by atoms with van der Waals surface area (Å²) in [4.78, 5) is 10.5. The highest BCUT2D eigenvalue weighted by Crippen LogP contribution is 2.49. The summed E-state index contributed by atoms with van der Waals surface area (Å²) in [5.41, 5.74) is 0. The van der Waals surface area contributed by atoms with Gasteiger partial charge in [-0.25, -0.2) is 0 Å². The van der Waals surface area contributed by atoms with Crippen LogP contribution in [0.5, 0.6) is 0 Å². The minimum atomic E-state index is -3.15. The summed E-state index contributed by atoms with van der Waals surface area (Å²) in [7, 11) is -3.15. The molecule has 0 bridgehead atoms. The van der Waals surface area contributed by atoms with Gasteiger partial charge in [0.15, 0.2) is 0 Å². The second-order valence-electron chi connectivity index (χ2n) is 2.14. The molecule has 1 fully saturated rings. The molecule has 0 radical (unpaired) electrons. The Morgan fingerprint density at radius 1 is 1.75 bits per heavy atom. The lowest BCUT2D eigenvalue weighted by molar-refractivity contribution is -0.175. The zero-order chi connectivity index (χ0) is 6.36. The zero-order valence-electron chi connectivity index (χ0n) is 4.83. The molecule has 0 aromatic rings. The second-order valence-corrected chi connectivity index (χ2v) is 4.47. The van der Waals surface area contributed by atoms with Crippen LogP contribution in [0.1, 0.15) is 6.92 Å². The molecule has 1 rings (SSSR count). The maximum Gasteiger partial charge on any atom is 0.124 e. The molecule has 1 unspecified atom stereocenters. The molecule has 4 heteroatoms. The van der Waals surface area contributed by atoms with E-state index in [9.17, 15) is 9.46 Å². The Morgan fingerprint density at radius 2 is 2.12 bits per heavy atom. The molecule has 1 aliphatic heterocycles. The minimum Gasteiger partial charge on any atom is -0.798 e. The third-order valence-corrected chi connectivity index (χ3v) is 2.61. The molecule has 0 N–H and O–H groups in total. The summed E-state index contributed by atoms with van der Waals surface area (Å²) in [6, 6.07) is 0. The van der Waals surface area contributed by atoms with Crippen molar-refractivity contribution in [2.24, 2.45) is 0 Å². The highest BCUT2D eigenvalue weighted by atomic mass is 31.2. The van der Waals surface area contributed by atoms with Crippen molar-refractivity contribution in [1.29, 1.82) is 0 Å². The van der Waals surface area contributed by atoms with Gasteiger partial charge >= 0.3 is 0 Å². The van der Waals surface area contributed by atoms with E-state index in [0.717, 1.165) is 0 Å². The van der Waals surface area contributed by atoms with E-state index >= 15 is 0 Å².